The average Bonchev–Trinajstić information content (AvgIpc) is 2.66. The Kier molecular flexibility index (Phi) is 6.75. The fourth-order valence-corrected chi connectivity index (χ4v) is 4.61. The molecule has 2 aromatic carbocycles. The molecule has 0 radical (unpaired) electrons. The normalized spacial score (nSPS) is 20.2. The van der Waals surface area contributed by atoms with Crippen LogP contribution in [0.15, 0.2) is 52.3 Å². The minimum atomic E-state index is -0.786. The smallest absolute Gasteiger partial charge is 0.317 e. The number of hydrogen-bond acceptors (Lipinski definition) is 5. The van der Waals surface area contributed by atoms with Crippen LogP contribution < -0.4 is 9.64 Å². The summed E-state index contributed by atoms with van der Waals surface area (Å²) < 4.78 is 5.24. The van der Waals surface area contributed by atoms with Crippen LogP contribution in [0.5, 0.6) is 5.75 Å². The van der Waals surface area contributed by atoms with Gasteiger partial charge in [-0.3, -0.25) is 9.69 Å². The number of anilines is 1. The zero-order valence-corrected chi connectivity index (χ0v) is 17.8. The number of carbonyl (C=O) groups is 1. The van der Waals surface area contributed by atoms with Gasteiger partial charge in [0.25, 0.3) is 0 Å². The number of nitrogens with zero attached hydrogens (tertiary/aromatic N) is 2. The highest BCUT2D eigenvalue weighted by Crippen LogP contribution is 2.39. The molecule has 0 bridgehead atoms. The Morgan fingerprint density at radius 1 is 1.18 bits per heavy atom. The number of carboxylic acid groups (broad SMARTS) is 1. The molecule has 1 aliphatic heterocycles. The Hall–Kier alpha value is -1.89. The van der Waals surface area contributed by atoms with E-state index in [1.165, 1.54) is 0 Å². The maximum atomic E-state index is 11.1. The van der Waals surface area contributed by atoms with Gasteiger partial charge in [0, 0.05) is 40.0 Å². The first kappa shape index (κ1) is 20.8. The summed E-state index contributed by atoms with van der Waals surface area (Å²) in [6.07, 6.45) is 0. The summed E-state index contributed by atoms with van der Waals surface area (Å²) in [5.41, 5.74) is 1.09. The lowest BCUT2D eigenvalue weighted by atomic mass is 10.1. The highest BCUT2D eigenvalue weighted by molar-refractivity contribution is 7.99. The number of piperazine rings is 1. The topological polar surface area (TPSA) is 53.0 Å². The Balaban J connectivity index is 1.84. The fourth-order valence-electron chi connectivity index (χ4n) is 3.50. The summed E-state index contributed by atoms with van der Waals surface area (Å²) in [6.45, 7) is 5.73. The maximum Gasteiger partial charge on any atom is 0.317 e. The van der Waals surface area contributed by atoms with Crippen molar-refractivity contribution in [3.8, 4) is 5.75 Å². The number of methoxy groups -OCH3 is 1. The number of benzene rings is 2. The molecule has 1 N–H and O–H groups in total. The van der Waals surface area contributed by atoms with Gasteiger partial charge in [0.2, 0.25) is 0 Å². The van der Waals surface area contributed by atoms with Crippen molar-refractivity contribution in [1.29, 1.82) is 0 Å². The van der Waals surface area contributed by atoms with Crippen LogP contribution in [0.4, 0.5) is 5.69 Å². The predicted octanol–water partition coefficient (Wildman–Crippen LogP) is 4.48. The highest BCUT2D eigenvalue weighted by Gasteiger charge is 2.31. The van der Waals surface area contributed by atoms with Gasteiger partial charge < -0.3 is 14.7 Å². The molecule has 0 saturated carbocycles. The molecule has 1 heterocycles. The van der Waals surface area contributed by atoms with E-state index in [9.17, 15) is 4.79 Å². The molecule has 2 atom stereocenters. The molecule has 1 aliphatic rings. The predicted molar refractivity (Wildman–Crippen MR) is 114 cm³/mol. The molecule has 1 saturated heterocycles. The summed E-state index contributed by atoms with van der Waals surface area (Å²) in [7, 11) is 1.66. The number of aliphatic carboxylic acids is 1. The molecule has 0 spiro atoms. The summed E-state index contributed by atoms with van der Waals surface area (Å²) >= 11 is 8.01. The largest absolute Gasteiger partial charge is 0.497 e. The Morgan fingerprint density at radius 2 is 1.89 bits per heavy atom. The van der Waals surface area contributed by atoms with Crippen LogP contribution in [-0.2, 0) is 4.79 Å². The van der Waals surface area contributed by atoms with Crippen molar-refractivity contribution in [3.05, 3.63) is 47.5 Å². The van der Waals surface area contributed by atoms with Crippen LogP contribution in [-0.4, -0.2) is 54.8 Å². The molecule has 2 aromatic rings. The highest BCUT2D eigenvalue weighted by atomic mass is 35.5. The van der Waals surface area contributed by atoms with Crippen LogP contribution in [0.3, 0.4) is 0 Å². The van der Waals surface area contributed by atoms with Crippen molar-refractivity contribution in [2.75, 3.05) is 31.6 Å². The summed E-state index contributed by atoms with van der Waals surface area (Å²) in [5.74, 6) is 0.0451. The van der Waals surface area contributed by atoms with Crippen molar-refractivity contribution in [2.45, 2.75) is 35.7 Å². The Bertz CT molecular complexity index is 831. The van der Waals surface area contributed by atoms with E-state index in [0.29, 0.717) is 11.6 Å². The van der Waals surface area contributed by atoms with Gasteiger partial charge in [0.05, 0.1) is 19.3 Å². The van der Waals surface area contributed by atoms with Crippen LogP contribution in [0, 0.1) is 0 Å². The average molecular weight is 421 g/mol. The van der Waals surface area contributed by atoms with E-state index >= 15 is 0 Å². The van der Waals surface area contributed by atoms with Gasteiger partial charge in [-0.25, -0.2) is 0 Å². The zero-order valence-electron chi connectivity index (χ0n) is 16.3. The van der Waals surface area contributed by atoms with E-state index in [2.05, 4.69) is 18.7 Å². The van der Waals surface area contributed by atoms with E-state index in [4.69, 9.17) is 21.4 Å². The lowest BCUT2D eigenvalue weighted by molar-refractivity contribution is -0.139. The van der Waals surface area contributed by atoms with Gasteiger partial charge in [-0.15, -0.1) is 0 Å². The molecule has 0 amide bonds. The van der Waals surface area contributed by atoms with Gasteiger partial charge in [-0.1, -0.05) is 23.4 Å². The van der Waals surface area contributed by atoms with E-state index < -0.39 is 5.97 Å². The number of rotatable bonds is 6. The minimum absolute atomic E-state index is 0.0718. The first-order valence-corrected chi connectivity index (χ1v) is 10.4. The first-order chi connectivity index (χ1) is 13.4. The molecule has 2 unspecified atom stereocenters. The maximum absolute atomic E-state index is 11.1. The molecular formula is C21H25ClN2O3S. The van der Waals surface area contributed by atoms with Gasteiger partial charge in [-0.2, -0.15) is 0 Å². The number of halogens is 1. The second-order valence-electron chi connectivity index (χ2n) is 7.06. The fraction of sp³-hybridized carbons (Fsp3) is 0.381. The summed E-state index contributed by atoms with van der Waals surface area (Å²) in [4.78, 5) is 17.7. The Morgan fingerprint density at radius 3 is 2.54 bits per heavy atom. The van der Waals surface area contributed by atoms with E-state index in [1.54, 1.807) is 18.9 Å². The van der Waals surface area contributed by atoms with Crippen molar-refractivity contribution in [2.24, 2.45) is 0 Å². The van der Waals surface area contributed by atoms with Crippen molar-refractivity contribution >= 4 is 35.0 Å². The lowest BCUT2D eigenvalue weighted by Gasteiger charge is -2.45. The van der Waals surface area contributed by atoms with Crippen molar-refractivity contribution < 1.29 is 14.6 Å². The molecule has 28 heavy (non-hydrogen) atoms. The number of ether oxygens (including phenoxy) is 1. The third-order valence-electron chi connectivity index (χ3n) is 4.97. The third-order valence-corrected chi connectivity index (χ3v) is 6.28. The van der Waals surface area contributed by atoms with Crippen molar-refractivity contribution in [3.63, 3.8) is 0 Å². The molecule has 1 fully saturated rings. The molecule has 7 heteroatoms. The van der Waals surface area contributed by atoms with E-state index in [-0.39, 0.29) is 18.6 Å². The van der Waals surface area contributed by atoms with Gasteiger partial charge in [-0.05, 0) is 56.3 Å². The number of carboxylic acids is 1. The minimum Gasteiger partial charge on any atom is -0.497 e. The number of hydrogen-bond donors (Lipinski definition) is 1. The summed E-state index contributed by atoms with van der Waals surface area (Å²) in [6, 6.07) is 14.3. The lowest BCUT2D eigenvalue weighted by Crippen LogP contribution is -2.57. The third kappa shape index (κ3) is 4.93. The Labute approximate surface area is 175 Å². The molecule has 0 aliphatic carbocycles. The molecule has 150 valence electrons. The second-order valence-corrected chi connectivity index (χ2v) is 8.62. The van der Waals surface area contributed by atoms with E-state index in [1.807, 2.05) is 47.4 Å². The van der Waals surface area contributed by atoms with Gasteiger partial charge in [0.1, 0.15) is 5.75 Å². The van der Waals surface area contributed by atoms with Crippen LogP contribution in [0.2, 0.25) is 5.02 Å². The van der Waals surface area contributed by atoms with Gasteiger partial charge >= 0.3 is 5.97 Å². The SMILES string of the molecule is COc1ccc(Sc2ccc(Cl)cc2N2CC(C)N(CC(=O)O)CC2C)cc1. The monoisotopic (exact) mass is 420 g/mol. The first-order valence-electron chi connectivity index (χ1n) is 9.21. The molecular weight excluding hydrogens is 396 g/mol. The standard InChI is InChI=1S/C21H25ClN2O3S/c1-14-12-24(15(2)11-23(14)13-21(25)26)19-10-16(22)4-9-20(19)28-18-7-5-17(27-3)6-8-18/h4-10,14-15H,11-13H2,1-3H3,(H,25,26). The van der Waals surface area contributed by atoms with Crippen LogP contribution in [0.1, 0.15) is 13.8 Å². The van der Waals surface area contributed by atoms with Crippen molar-refractivity contribution in [1.82, 2.24) is 4.90 Å². The van der Waals surface area contributed by atoms with Crippen LogP contribution >= 0.6 is 23.4 Å². The molecule has 5 nitrogen and oxygen atoms in total. The molecule has 3 rings (SSSR count). The van der Waals surface area contributed by atoms with Crippen LogP contribution in [0.25, 0.3) is 0 Å². The zero-order chi connectivity index (χ0) is 20.3. The second kappa shape index (κ2) is 9.07. The quantitative estimate of drug-likeness (QED) is 0.743. The van der Waals surface area contributed by atoms with Gasteiger partial charge in [0.15, 0.2) is 0 Å². The molecule has 0 aromatic heterocycles. The van der Waals surface area contributed by atoms with E-state index in [0.717, 1.165) is 27.8 Å². The summed E-state index contributed by atoms with van der Waals surface area (Å²) in [5, 5.41) is 9.85.